The molecule has 0 aliphatic heterocycles. The van der Waals surface area contributed by atoms with Gasteiger partial charge in [-0.2, -0.15) is 4.99 Å². The van der Waals surface area contributed by atoms with Crippen LogP contribution in [0.5, 0.6) is 5.75 Å². The van der Waals surface area contributed by atoms with Crippen LogP contribution in [0.2, 0.25) is 0 Å². The van der Waals surface area contributed by atoms with Crippen molar-refractivity contribution in [2.45, 2.75) is 26.8 Å². The second kappa shape index (κ2) is 9.54. The zero-order valence-corrected chi connectivity index (χ0v) is 18.1. The maximum Gasteiger partial charge on any atom is 0.338 e. The molecule has 3 aromatic rings. The summed E-state index contributed by atoms with van der Waals surface area (Å²) in [5.41, 5.74) is 3.21. The number of allylic oxidation sites excluding steroid dienone is 1. The number of esters is 1. The Bertz CT molecular complexity index is 1170. The molecule has 1 aromatic heterocycles. The molecule has 3 rings (SSSR count). The average Bonchev–Trinajstić information content (AvgIpc) is 3.04. The van der Waals surface area contributed by atoms with Gasteiger partial charge in [-0.05, 0) is 49.2 Å². The lowest BCUT2D eigenvalue weighted by molar-refractivity contribution is -0.117. The Morgan fingerprint density at radius 1 is 1.23 bits per heavy atom. The Morgan fingerprint density at radius 2 is 2.03 bits per heavy atom. The molecule has 0 bridgehead atoms. The average molecular weight is 425 g/mol. The SMILES string of the molecule is C=CCn1c(=NC(=O)Cc2ccc(OC)c(C)c2)sc2cc(C(=O)OCC)ccc21. The Balaban J connectivity index is 1.96. The molecule has 1 heterocycles. The van der Waals surface area contributed by atoms with Crippen molar-refractivity contribution in [1.29, 1.82) is 0 Å². The van der Waals surface area contributed by atoms with E-state index < -0.39 is 0 Å². The number of carbonyl (C=O) groups is 2. The number of aromatic nitrogens is 1. The van der Waals surface area contributed by atoms with Gasteiger partial charge in [0.2, 0.25) is 0 Å². The summed E-state index contributed by atoms with van der Waals surface area (Å²) in [7, 11) is 1.62. The van der Waals surface area contributed by atoms with Crippen molar-refractivity contribution in [3.05, 3.63) is 70.5 Å². The monoisotopic (exact) mass is 424 g/mol. The third-order valence-electron chi connectivity index (χ3n) is 4.54. The summed E-state index contributed by atoms with van der Waals surface area (Å²) in [4.78, 5) is 29.6. The minimum absolute atomic E-state index is 0.196. The van der Waals surface area contributed by atoms with E-state index in [1.54, 1.807) is 32.2 Å². The quantitative estimate of drug-likeness (QED) is 0.424. The molecular weight excluding hydrogens is 400 g/mol. The van der Waals surface area contributed by atoms with Crippen molar-refractivity contribution in [3.8, 4) is 5.75 Å². The highest BCUT2D eigenvalue weighted by atomic mass is 32.1. The Morgan fingerprint density at radius 3 is 2.70 bits per heavy atom. The molecule has 0 saturated carbocycles. The fourth-order valence-corrected chi connectivity index (χ4v) is 4.27. The molecule has 0 unspecified atom stereocenters. The summed E-state index contributed by atoms with van der Waals surface area (Å²) in [5.74, 6) is 0.177. The first-order chi connectivity index (χ1) is 14.5. The third kappa shape index (κ3) is 4.68. The number of benzene rings is 2. The van der Waals surface area contributed by atoms with Crippen molar-refractivity contribution in [2.75, 3.05) is 13.7 Å². The van der Waals surface area contributed by atoms with Gasteiger partial charge in [-0.25, -0.2) is 4.79 Å². The number of methoxy groups -OCH3 is 1. The predicted octanol–water partition coefficient (Wildman–Crippen LogP) is 4.05. The van der Waals surface area contributed by atoms with Gasteiger partial charge in [0.05, 0.1) is 35.9 Å². The van der Waals surface area contributed by atoms with E-state index in [0.29, 0.717) is 23.5 Å². The van der Waals surface area contributed by atoms with E-state index in [2.05, 4.69) is 11.6 Å². The van der Waals surface area contributed by atoms with Gasteiger partial charge in [0.1, 0.15) is 5.75 Å². The molecule has 0 radical (unpaired) electrons. The van der Waals surface area contributed by atoms with Crippen LogP contribution in [0.3, 0.4) is 0 Å². The molecule has 0 fully saturated rings. The van der Waals surface area contributed by atoms with E-state index >= 15 is 0 Å². The van der Waals surface area contributed by atoms with Crippen LogP contribution in [0.15, 0.2) is 54.0 Å². The number of amides is 1. The Hall–Kier alpha value is -3.19. The summed E-state index contributed by atoms with van der Waals surface area (Å²) in [6, 6.07) is 11.0. The molecular formula is C23H24N2O4S. The maximum absolute atomic E-state index is 12.6. The molecule has 0 N–H and O–H groups in total. The minimum atomic E-state index is -0.368. The fourth-order valence-electron chi connectivity index (χ4n) is 3.18. The van der Waals surface area contributed by atoms with Crippen LogP contribution in [-0.2, 0) is 22.5 Å². The van der Waals surface area contributed by atoms with E-state index in [4.69, 9.17) is 9.47 Å². The third-order valence-corrected chi connectivity index (χ3v) is 5.58. The molecule has 6 nitrogen and oxygen atoms in total. The van der Waals surface area contributed by atoms with Crippen molar-refractivity contribution >= 4 is 33.4 Å². The molecule has 156 valence electrons. The van der Waals surface area contributed by atoms with Crippen LogP contribution in [0.25, 0.3) is 10.2 Å². The molecule has 30 heavy (non-hydrogen) atoms. The number of hydrogen-bond donors (Lipinski definition) is 0. The van der Waals surface area contributed by atoms with E-state index in [-0.39, 0.29) is 18.3 Å². The zero-order valence-electron chi connectivity index (χ0n) is 17.3. The summed E-state index contributed by atoms with van der Waals surface area (Å²) in [6.07, 6.45) is 1.95. The van der Waals surface area contributed by atoms with E-state index in [1.807, 2.05) is 35.8 Å². The fraction of sp³-hybridized carbons (Fsp3) is 0.261. The summed E-state index contributed by atoms with van der Waals surface area (Å²) in [6.45, 7) is 8.33. The minimum Gasteiger partial charge on any atom is -0.496 e. The highest BCUT2D eigenvalue weighted by molar-refractivity contribution is 7.16. The van der Waals surface area contributed by atoms with E-state index in [1.165, 1.54) is 11.3 Å². The van der Waals surface area contributed by atoms with Crippen LogP contribution >= 0.6 is 11.3 Å². The molecule has 7 heteroatoms. The molecule has 0 saturated heterocycles. The number of nitrogens with zero attached hydrogens (tertiary/aromatic N) is 2. The topological polar surface area (TPSA) is 69.9 Å². The molecule has 2 aromatic carbocycles. The van der Waals surface area contributed by atoms with Gasteiger partial charge in [0.15, 0.2) is 4.80 Å². The summed E-state index contributed by atoms with van der Waals surface area (Å²) >= 11 is 1.36. The molecule has 0 spiro atoms. The normalized spacial score (nSPS) is 11.5. The summed E-state index contributed by atoms with van der Waals surface area (Å²) < 4.78 is 13.1. The van der Waals surface area contributed by atoms with Crippen LogP contribution in [0, 0.1) is 6.92 Å². The number of fused-ring (bicyclic) bond motifs is 1. The van der Waals surface area contributed by atoms with Gasteiger partial charge in [0.25, 0.3) is 5.91 Å². The van der Waals surface area contributed by atoms with Gasteiger partial charge < -0.3 is 14.0 Å². The molecule has 0 aliphatic rings. The first-order valence-electron chi connectivity index (χ1n) is 9.59. The van der Waals surface area contributed by atoms with Gasteiger partial charge in [-0.1, -0.05) is 29.5 Å². The Labute approximate surface area is 179 Å². The van der Waals surface area contributed by atoms with Crippen molar-refractivity contribution in [2.24, 2.45) is 4.99 Å². The number of aryl methyl sites for hydroxylation is 1. The van der Waals surface area contributed by atoms with Crippen molar-refractivity contribution < 1.29 is 19.1 Å². The van der Waals surface area contributed by atoms with E-state index in [0.717, 1.165) is 27.1 Å². The standard InChI is InChI=1S/C23H24N2O4S/c1-5-11-25-18-9-8-17(22(27)29-6-2)14-20(18)30-23(25)24-21(26)13-16-7-10-19(28-4)15(3)12-16/h5,7-10,12,14H,1,6,11,13H2,2-4H3. The van der Waals surface area contributed by atoms with Gasteiger partial charge in [-0.15, -0.1) is 6.58 Å². The van der Waals surface area contributed by atoms with Crippen LogP contribution in [0.1, 0.15) is 28.4 Å². The summed E-state index contributed by atoms with van der Waals surface area (Å²) in [5, 5.41) is 0. The lowest BCUT2D eigenvalue weighted by Gasteiger charge is -2.06. The highest BCUT2D eigenvalue weighted by Crippen LogP contribution is 2.21. The molecule has 1 amide bonds. The van der Waals surface area contributed by atoms with Gasteiger partial charge in [-0.3, -0.25) is 4.79 Å². The number of hydrogen-bond acceptors (Lipinski definition) is 5. The number of carbonyl (C=O) groups excluding carboxylic acids is 2. The van der Waals surface area contributed by atoms with E-state index in [9.17, 15) is 9.59 Å². The van der Waals surface area contributed by atoms with Gasteiger partial charge in [0, 0.05) is 6.54 Å². The second-order valence-electron chi connectivity index (χ2n) is 6.67. The predicted molar refractivity (Wildman–Crippen MR) is 118 cm³/mol. The van der Waals surface area contributed by atoms with Crippen LogP contribution in [0.4, 0.5) is 0 Å². The Kier molecular flexibility index (Phi) is 6.84. The highest BCUT2D eigenvalue weighted by Gasteiger charge is 2.12. The number of ether oxygens (including phenoxy) is 2. The smallest absolute Gasteiger partial charge is 0.338 e. The zero-order chi connectivity index (χ0) is 21.7. The van der Waals surface area contributed by atoms with Gasteiger partial charge >= 0.3 is 5.97 Å². The first kappa shape index (κ1) is 21.5. The molecule has 0 aliphatic carbocycles. The number of thiazole rings is 1. The lowest BCUT2D eigenvalue weighted by Crippen LogP contribution is -2.17. The number of rotatable bonds is 7. The second-order valence-corrected chi connectivity index (χ2v) is 7.68. The first-order valence-corrected chi connectivity index (χ1v) is 10.4. The molecule has 0 atom stereocenters. The lowest BCUT2D eigenvalue weighted by atomic mass is 10.1. The van der Waals surface area contributed by atoms with Crippen LogP contribution < -0.4 is 9.54 Å². The van der Waals surface area contributed by atoms with Crippen LogP contribution in [-0.4, -0.2) is 30.2 Å². The largest absolute Gasteiger partial charge is 0.496 e. The maximum atomic E-state index is 12.6. The van der Waals surface area contributed by atoms with Crippen molar-refractivity contribution in [3.63, 3.8) is 0 Å². The van der Waals surface area contributed by atoms with Crippen molar-refractivity contribution in [1.82, 2.24) is 4.57 Å².